The summed E-state index contributed by atoms with van der Waals surface area (Å²) in [5, 5.41) is 9.29. The number of fused-ring (bicyclic) bond motifs is 1. The van der Waals surface area contributed by atoms with Gasteiger partial charge in [-0.05, 0) is 43.9 Å². The van der Waals surface area contributed by atoms with Crippen LogP contribution in [0.4, 0.5) is 5.69 Å². The van der Waals surface area contributed by atoms with Crippen LogP contribution >= 0.6 is 0 Å². The van der Waals surface area contributed by atoms with Crippen molar-refractivity contribution in [3.05, 3.63) is 29.3 Å². The van der Waals surface area contributed by atoms with Crippen molar-refractivity contribution in [1.82, 2.24) is 4.90 Å². The highest BCUT2D eigenvalue weighted by Crippen LogP contribution is 2.30. The fraction of sp³-hybridized carbons (Fsp3) is 0.529. The number of ether oxygens (including phenoxy) is 1. The van der Waals surface area contributed by atoms with E-state index in [0.29, 0.717) is 5.56 Å². The number of benzene rings is 1. The lowest BCUT2D eigenvalue weighted by Gasteiger charge is -2.29. The monoisotopic (exact) mass is 318 g/mol. The molecule has 2 heterocycles. The van der Waals surface area contributed by atoms with Crippen LogP contribution in [0.1, 0.15) is 42.1 Å². The first kappa shape index (κ1) is 15.8. The van der Waals surface area contributed by atoms with E-state index in [1.54, 1.807) is 6.92 Å². The van der Waals surface area contributed by atoms with Gasteiger partial charge in [0.05, 0.1) is 0 Å². The molecule has 0 saturated carbocycles. The van der Waals surface area contributed by atoms with Gasteiger partial charge in [0.2, 0.25) is 6.23 Å². The molecule has 1 N–H and O–H groups in total. The lowest BCUT2D eigenvalue weighted by atomic mass is 10.1. The van der Waals surface area contributed by atoms with E-state index in [1.807, 2.05) is 18.2 Å². The zero-order valence-corrected chi connectivity index (χ0v) is 13.3. The number of hydrogen-bond donors (Lipinski definition) is 1. The summed E-state index contributed by atoms with van der Waals surface area (Å²) < 4.78 is 5.23. The van der Waals surface area contributed by atoms with E-state index in [9.17, 15) is 14.7 Å². The Balaban J connectivity index is 1.83. The first-order valence-electron chi connectivity index (χ1n) is 8.15. The molecule has 6 nitrogen and oxygen atoms in total. The molecule has 1 fully saturated rings. The van der Waals surface area contributed by atoms with E-state index in [4.69, 9.17) is 4.74 Å². The number of aliphatic carboxylic acids is 1. The maximum absolute atomic E-state index is 12.6. The molecule has 124 valence electrons. The molecule has 0 bridgehead atoms. The second-order valence-corrected chi connectivity index (χ2v) is 5.97. The Hall–Kier alpha value is -2.08. The number of amides is 1. The minimum Gasteiger partial charge on any atom is -0.478 e. The third-order valence-corrected chi connectivity index (χ3v) is 4.47. The molecule has 2 aliphatic heterocycles. The first-order chi connectivity index (χ1) is 11.1. The van der Waals surface area contributed by atoms with Crippen molar-refractivity contribution < 1.29 is 19.4 Å². The van der Waals surface area contributed by atoms with Crippen LogP contribution in [0.5, 0.6) is 0 Å². The van der Waals surface area contributed by atoms with Crippen LogP contribution in [0.3, 0.4) is 0 Å². The van der Waals surface area contributed by atoms with Gasteiger partial charge in [-0.25, -0.2) is 4.79 Å². The third-order valence-electron chi connectivity index (χ3n) is 4.47. The summed E-state index contributed by atoms with van der Waals surface area (Å²) in [6.07, 6.45) is 2.37. The van der Waals surface area contributed by atoms with E-state index in [-0.39, 0.29) is 19.1 Å². The summed E-state index contributed by atoms with van der Waals surface area (Å²) in [6.45, 7) is 4.26. The van der Waals surface area contributed by atoms with Crippen LogP contribution in [0.25, 0.3) is 0 Å². The summed E-state index contributed by atoms with van der Waals surface area (Å²) in [5.74, 6) is -1.40. The van der Waals surface area contributed by atoms with Crippen LogP contribution in [-0.4, -0.2) is 47.8 Å². The highest BCUT2D eigenvalue weighted by Gasteiger charge is 2.37. The quantitative estimate of drug-likeness (QED) is 0.900. The SMILES string of the molecule is CCOC(C(=O)O)N1Cc2ccc(N3CCCCC3)cc2C1=O. The summed E-state index contributed by atoms with van der Waals surface area (Å²) in [5.41, 5.74) is 2.50. The first-order valence-corrected chi connectivity index (χ1v) is 8.15. The molecule has 0 spiro atoms. The number of carbonyl (C=O) groups excluding carboxylic acids is 1. The summed E-state index contributed by atoms with van der Waals surface area (Å²) in [7, 11) is 0. The van der Waals surface area contributed by atoms with E-state index < -0.39 is 12.2 Å². The molecular weight excluding hydrogens is 296 g/mol. The Labute approximate surface area is 135 Å². The predicted molar refractivity (Wildman–Crippen MR) is 85.4 cm³/mol. The number of hydrogen-bond acceptors (Lipinski definition) is 4. The van der Waals surface area contributed by atoms with Crippen LogP contribution < -0.4 is 4.90 Å². The number of carboxylic acid groups (broad SMARTS) is 1. The molecule has 3 rings (SSSR count). The molecular formula is C17H22N2O4. The maximum atomic E-state index is 12.6. The second kappa shape index (κ2) is 6.58. The van der Waals surface area contributed by atoms with Gasteiger partial charge in [-0.15, -0.1) is 0 Å². The number of rotatable bonds is 5. The number of piperidine rings is 1. The molecule has 1 saturated heterocycles. The van der Waals surface area contributed by atoms with E-state index >= 15 is 0 Å². The fourth-order valence-electron chi connectivity index (χ4n) is 3.30. The van der Waals surface area contributed by atoms with Crippen molar-refractivity contribution in [2.75, 3.05) is 24.6 Å². The second-order valence-electron chi connectivity index (χ2n) is 5.97. The van der Waals surface area contributed by atoms with Crippen molar-refractivity contribution in [1.29, 1.82) is 0 Å². The van der Waals surface area contributed by atoms with Gasteiger partial charge in [-0.2, -0.15) is 0 Å². The normalized spacial score (nSPS) is 18.9. The molecule has 1 unspecified atom stereocenters. The van der Waals surface area contributed by atoms with Crippen molar-refractivity contribution in [2.45, 2.75) is 39.0 Å². The molecule has 0 aliphatic carbocycles. The molecule has 6 heteroatoms. The highest BCUT2D eigenvalue weighted by atomic mass is 16.5. The molecule has 1 atom stereocenters. The Morgan fingerprint density at radius 3 is 2.70 bits per heavy atom. The lowest BCUT2D eigenvalue weighted by Crippen LogP contribution is -2.43. The topological polar surface area (TPSA) is 70.1 Å². The van der Waals surface area contributed by atoms with Gasteiger partial charge in [-0.1, -0.05) is 6.07 Å². The molecule has 23 heavy (non-hydrogen) atoms. The smallest absolute Gasteiger partial charge is 0.354 e. The summed E-state index contributed by atoms with van der Waals surface area (Å²) in [6, 6.07) is 5.85. The van der Waals surface area contributed by atoms with Gasteiger partial charge in [0.15, 0.2) is 0 Å². The van der Waals surface area contributed by atoms with Crippen LogP contribution in [0.15, 0.2) is 18.2 Å². The molecule has 1 amide bonds. The maximum Gasteiger partial charge on any atom is 0.354 e. The van der Waals surface area contributed by atoms with Crippen LogP contribution in [0, 0.1) is 0 Å². The van der Waals surface area contributed by atoms with Gasteiger partial charge in [0, 0.05) is 37.5 Å². The van der Waals surface area contributed by atoms with Gasteiger partial charge in [-0.3, -0.25) is 9.69 Å². The van der Waals surface area contributed by atoms with Crippen molar-refractivity contribution in [2.24, 2.45) is 0 Å². The number of anilines is 1. The number of carboxylic acids is 1. The zero-order valence-electron chi connectivity index (χ0n) is 13.3. The van der Waals surface area contributed by atoms with E-state index in [2.05, 4.69) is 4.90 Å². The summed E-state index contributed by atoms with van der Waals surface area (Å²) in [4.78, 5) is 27.6. The van der Waals surface area contributed by atoms with Crippen molar-refractivity contribution in [3.8, 4) is 0 Å². The minimum atomic E-state index is -1.22. The van der Waals surface area contributed by atoms with Gasteiger partial charge in [0.25, 0.3) is 5.91 Å². The average molecular weight is 318 g/mol. The Morgan fingerprint density at radius 1 is 1.30 bits per heavy atom. The largest absolute Gasteiger partial charge is 0.478 e. The van der Waals surface area contributed by atoms with Crippen LogP contribution in [-0.2, 0) is 16.1 Å². The Morgan fingerprint density at radius 2 is 2.04 bits per heavy atom. The Bertz CT molecular complexity index is 611. The molecule has 0 aromatic heterocycles. The van der Waals surface area contributed by atoms with Crippen molar-refractivity contribution >= 4 is 17.6 Å². The van der Waals surface area contributed by atoms with Crippen LogP contribution in [0.2, 0.25) is 0 Å². The minimum absolute atomic E-state index is 0.246. The third kappa shape index (κ3) is 3.03. The van der Waals surface area contributed by atoms with Gasteiger partial charge < -0.3 is 14.7 Å². The molecule has 0 radical (unpaired) electrons. The Kier molecular flexibility index (Phi) is 4.52. The standard InChI is InChI=1S/C17H22N2O4/c1-2-23-16(17(21)22)19-11-12-6-7-13(10-14(12)15(19)20)18-8-4-3-5-9-18/h6-7,10,16H,2-5,8-9,11H2,1H3,(H,21,22). The van der Waals surface area contributed by atoms with E-state index in [1.165, 1.54) is 24.2 Å². The summed E-state index contributed by atoms with van der Waals surface area (Å²) >= 11 is 0. The predicted octanol–water partition coefficient (Wildman–Crippen LogP) is 2.08. The number of carbonyl (C=O) groups is 2. The molecule has 2 aliphatic rings. The van der Waals surface area contributed by atoms with Gasteiger partial charge >= 0.3 is 5.97 Å². The highest BCUT2D eigenvalue weighted by molar-refractivity contribution is 6.01. The van der Waals surface area contributed by atoms with Gasteiger partial charge in [0.1, 0.15) is 0 Å². The number of nitrogens with zero attached hydrogens (tertiary/aromatic N) is 2. The fourth-order valence-corrected chi connectivity index (χ4v) is 3.30. The van der Waals surface area contributed by atoms with E-state index in [0.717, 1.165) is 24.3 Å². The molecule has 1 aromatic rings. The van der Waals surface area contributed by atoms with Crippen molar-refractivity contribution in [3.63, 3.8) is 0 Å². The average Bonchev–Trinajstić information content (AvgIpc) is 2.89. The molecule has 1 aromatic carbocycles. The zero-order chi connectivity index (χ0) is 16.4. The lowest BCUT2D eigenvalue weighted by molar-refractivity contribution is -0.161.